The van der Waals surface area contributed by atoms with Crippen LogP contribution in [0.25, 0.3) is 5.69 Å². The fourth-order valence-corrected chi connectivity index (χ4v) is 3.94. The van der Waals surface area contributed by atoms with Gasteiger partial charge in [-0.05, 0) is 38.5 Å². The van der Waals surface area contributed by atoms with Crippen molar-refractivity contribution < 1.29 is 4.79 Å². The van der Waals surface area contributed by atoms with Crippen molar-refractivity contribution in [1.29, 1.82) is 0 Å². The number of nitrogens with zero attached hydrogens (tertiary/aromatic N) is 4. The van der Waals surface area contributed by atoms with Crippen LogP contribution in [0.4, 0.5) is 4.79 Å². The molecule has 0 aliphatic carbocycles. The molecule has 0 unspecified atom stereocenters. The van der Waals surface area contributed by atoms with Gasteiger partial charge in [0.2, 0.25) is 0 Å². The molecule has 0 spiro atoms. The van der Waals surface area contributed by atoms with Gasteiger partial charge in [-0.3, -0.25) is 0 Å². The number of carbonyl (C=O) groups is 1. The van der Waals surface area contributed by atoms with Crippen LogP contribution in [0.3, 0.4) is 0 Å². The van der Waals surface area contributed by atoms with Crippen molar-refractivity contribution in [2.45, 2.75) is 31.6 Å². The van der Waals surface area contributed by atoms with Crippen LogP contribution >= 0.6 is 11.8 Å². The number of carbonyl (C=O) groups excluding carboxylic acids is 1. The summed E-state index contributed by atoms with van der Waals surface area (Å²) in [5.74, 6) is 0.983. The van der Waals surface area contributed by atoms with Crippen LogP contribution in [0.5, 0.6) is 0 Å². The number of hydrogen-bond donors (Lipinski definition) is 1. The maximum absolute atomic E-state index is 12.6. The number of thioether (sulfide) groups is 1. The molecule has 2 aromatic rings. The van der Waals surface area contributed by atoms with Gasteiger partial charge in [0.1, 0.15) is 12.7 Å². The number of amides is 2. The van der Waals surface area contributed by atoms with E-state index in [0.29, 0.717) is 0 Å². The van der Waals surface area contributed by atoms with Crippen LogP contribution < -0.4 is 5.32 Å². The lowest BCUT2D eigenvalue weighted by atomic mass is 10.1. The second-order valence-corrected chi connectivity index (χ2v) is 8.44. The molecule has 1 aliphatic heterocycles. The van der Waals surface area contributed by atoms with E-state index in [2.05, 4.69) is 29.2 Å². The molecule has 0 radical (unpaired) electrons. The van der Waals surface area contributed by atoms with E-state index in [9.17, 15) is 4.79 Å². The second-order valence-electron chi connectivity index (χ2n) is 6.64. The van der Waals surface area contributed by atoms with Crippen LogP contribution in [-0.4, -0.2) is 49.3 Å². The Balaban J connectivity index is 1.67. The van der Waals surface area contributed by atoms with Gasteiger partial charge in [-0.25, -0.2) is 14.5 Å². The molecular formula is C17H23N5OS. The molecule has 1 fully saturated rings. The zero-order valence-corrected chi connectivity index (χ0v) is 15.1. The van der Waals surface area contributed by atoms with Crippen molar-refractivity contribution in [2.75, 3.05) is 18.8 Å². The first-order valence-electron chi connectivity index (χ1n) is 8.09. The van der Waals surface area contributed by atoms with E-state index in [4.69, 9.17) is 0 Å². The van der Waals surface area contributed by atoms with Crippen LogP contribution in [-0.2, 0) is 0 Å². The Hall–Kier alpha value is -2.02. The summed E-state index contributed by atoms with van der Waals surface area (Å²) in [6, 6.07) is 7.91. The summed E-state index contributed by atoms with van der Waals surface area (Å²) in [5.41, 5.74) is 1.98. The lowest BCUT2D eigenvalue weighted by molar-refractivity contribution is 0.191. The van der Waals surface area contributed by atoms with Crippen LogP contribution in [0.2, 0.25) is 0 Å². The van der Waals surface area contributed by atoms with E-state index in [0.717, 1.165) is 30.1 Å². The van der Waals surface area contributed by atoms with E-state index in [1.165, 1.54) is 6.33 Å². The molecule has 1 aliphatic rings. The summed E-state index contributed by atoms with van der Waals surface area (Å²) in [7, 11) is 0. The minimum Gasteiger partial charge on any atom is -0.331 e. The predicted molar refractivity (Wildman–Crippen MR) is 96.4 cm³/mol. The van der Waals surface area contributed by atoms with Crippen molar-refractivity contribution in [2.24, 2.45) is 0 Å². The largest absolute Gasteiger partial charge is 0.331 e. The average Bonchev–Trinajstić information content (AvgIpc) is 3.08. The first-order valence-corrected chi connectivity index (χ1v) is 9.07. The Kier molecular flexibility index (Phi) is 4.80. The summed E-state index contributed by atoms with van der Waals surface area (Å²) in [5, 5.41) is 7.25. The van der Waals surface area contributed by atoms with Crippen molar-refractivity contribution in [3.05, 3.63) is 42.5 Å². The molecule has 128 valence electrons. The SMILES string of the molecule is C[C@@H](NC(=O)N1CCSC(C)(C)C1)c1cccc(-n2cncn2)c1. The highest BCUT2D eigenvalue weighted by Gasteiger charge is 2.30. The monoisotopic (exact) mass is 345 g/mol. The van der Waals surface area contributed by atoms with Crippen LogP contribution in [0.1, 0.15) is 32.4 Å². The standard InChI is InChI=1S/C17H23N5OS/c1-13(20-16(23)21-7-8-24-17(2,3)10-21)14-5-4-6-15(9-14)22-12-18-11-19-22/h4-6,9,11-13H,7-8,10H2,1-3H3,(H,20,23)/t13-/m1/s1. The highest BCUT2D eigenvalue weighted by Crippen LogP contribution is 2.29. The third-order valence-corrected chi connectivity index (χ3v) is 5.40. The fraction of sp³-hybridized carbons (Fsp3) is 0.471. The van der Waals surface area contributed by atoms with Gasteiger partial charge in [0, 0.05) is 23.6 Å². The number of urea groups is 1. The molecule has 2 amide bonds. The zero-order valence-electron chi connectivity index (χ0n) is 14.3. The summed E-state index contributed by atoms with van der Waals surface area (Å²) in [4.78, 5) is 18.4. The van der Waals surface area contributed by atoms with E-state index < -0.39 is 0 Å². The Morgan fingerprint density at radius 1 is 1.42 bits per heavy atom. The smallest absolute Gasteiger partial charge is 0.317 e. The normalized spacial score (nSPS) is 18.2. The quantitative estimate of drug-likeness (QED) is 0.929. The van der Waals surface area contributed by atoms with Gasteiger partial charge >= 0.3 is 6.03 Å². The molecule has 1 N–H and O–H groups in total. The fourth-order valence-electron chi connectivity index (χ4n) is 2.83. The summed E-state index contributed by atoms with van der Waals surface area (Å²) in [6.07, 6.45) is 3.17. The van der Waals surface area contributed by atoms with E-state index >= 15 is 0 Å². The Morgan fingerprint density at radius 3 is 2.96 bits per heavy atom. The van der Waals surface area contributed by atoms with Crippen molar-refractivity contribution in [1.82, 2.24) is 25.0 Å². The van der Waals surface area contributed by atoms with Gasteiger partial charge in [-0.2, -0.15) is 16.9 Å². The Bertz CT molecular complexity index is 701. The van der Waals surface area contributed by atoms with Crippen LogP contribution in [0, 0.1) is 0 Å². The van der Waals surface area contributed by atoms with Gasteiger partial charge in [0.15, 0.2) is 0 Å². The first-order chi connectivity index (χ1) is 11.4. The highest BCUT2D eigenvalue weighted by atomic mass is 32.2. The molecule has 0 saturated carbocycles. The molecule has 7 heteroatoms. The number of nitrogens with one attached hydrogen (secondary N) is 1. The molecular weight excluding hydrogens is 322 g/mol. The van der Waals surface area contributed by atoms with E-state index in [-0.39, 0.29) is 16.8 Å². The predicted octanol–water partition coefficient (Wildman–Crippen LogP) is 2.87. The van der Waals surface area contributed by atoms with Crippen molar-refractivity contribution in [3.63, 3.8) is 0 Å². The van der Waals surface area contributed by atoms with E-state index in [1.807, 2.05) is 47.9 Å². The number of rotatable bonds is 3. The Labute approximate surface area is 146 Å². The van der Waals surface area contributed by atoms with Gasteiger partial charge < -0.3 is 10.2 Å². The molecule has 0 bridgehead atoms. The summed E-state index contributed by atoms with van der Waals surface area (Å²) >= 11 is 1.92. The molecule has 1 atom stereocenters. The lowest BCUT2D eigenvalue weighted by Gasteiger charge is -2.38. The van der Waals surface area contributed by atoms with Gasteiger partial charge in [-0.15, -0.1) is 0 Å². The van der Waals surface area contributed by atoms with Crippen LogP contribution in [0.15, 0.2) is 36.9 Å². The van der Waals surface area contributed by atoms with Gasteiger partial charge in [-0.1, -0.05) is 12.1 Å². The van der Waals surface area contributed by atoms with Gasteiger partial charge in [0.05, 0.1) is 11.7 Å². The third-order valence-electron chi connectivity index (χ3n) is 4.11. The van der Waals surface area contributed by atoms with Crippen molar-refractivity contribution >= 4 is 17.8 Å². The molecule has 6 nitrogen and oxygen atoms in total. The average molecular weight is 345 g/mol. The molecule has 24 heavy (non-hydrogen) atoms. The summed E-state index contributed by atoms with van der Waals surface area (Å²) in [6.45, 7) is 7.94. The van der Waals surface area contributed by atoms with Crippen molar-refractivity contribution in [3.8, 4) is 5.69 Å². The Morgan fingerprint density at radius 2 is 2.25 bits per heavy atom. The third kappa shape index (κ3) is 3.90. The second kappa shape index (κ2) is 6.84. The number of benzene rings is 1. The molecule has 2 heterocycles. The molecule has 1 aromatic carbocycles. The number of hydrogen-bond acceptors (Lipinski definition) is 4. The maximum atomic E-state index is 12.6. The zero-order chi connectivity index (χ0) is 17.2. The minimum absolute atomic E-state index is 0.00188. The van der Waals surface area contributed by atoms with E-state index in [1.54, 1.807) is 11.0 Å². The molecule has 1 aromatic heterocycles. The topological polar surface area (TPSA) is 63.1 Å². The maximum Gasteiger partial charge on any atom is 0.317 e. The summed E-state index contributed by atoms with van der Waals surface area (Å²) < 4.78 is 1.83. The minimum atomic E-state index is -0.0707. The molecule has 3 rings (SSSR count). The molecule has 1 saturated heterocycles. The lowest BCUT2D eigenvalue weighted by Crippen LogP contribution is -2.50. The number of aromatic nitrogens is 3. The first kappa shape index (κ1) is 16.8. The van der Waals surface area contributed by atoms with Gasteiger partial charge in [0.25, 0.3) is 0 Å². The highest BCUT2D eigenvalue weighted by molar-refractivity contribution is 8.00.